The Balaban J connectivity index is 1.54. The fraction of sp³-hybridized carbons (Fsp3) is 0.325. The van der Waals surface area contributed by atoms with Gasteiger partial charge in [0.05, 0.1) is 19.3 Å². The second-order valence-electron chi connectivity index (χ2n) is 12.8. The van der Waals surface area contributed by atoms with Crippen molar-refractivity contribution in [3.8, 4) is 28.0 Å². The third-order valence-corrected chi connectivity index (χ3v) is 9.03. The highest BCUT2D eigenvalue weighted by Crippen LogP contribution is 2.41. The number of amides is 3. The van der Waals surface area contributed by atoms with E-state index >= 15 is 0 Å². The number of nitrogens with two attached hydrogens (primary N) is 1. The summed E-state index contributed by atoms with van der Waals surface area (Å²) in [4.78, 5) is 43.4. The number of hydrogen-bond donors (Lipinski definition) is 2. The molecule has 0 saturated heterocycles. The molecule has 1 aliphatic rings. The molecule has 3 atom stereocenters. The minimum Gasteiger partial charge on any atom is -0.497 e. The highest BCUT2D eigenvalue weighted by Gasteiger charge is 2.39. The van der Waals surface area contributed by atoms with Gasteiger partial charge in [-0.1, -0.05) is 106 Å². The summed E-state index contributed by atoms with van der Waals surface area (Å²) in [5.41, 5.74) is 12.2. The average molecular weight is 632 g/mol. The predicted molar refractivity (Wildman–Crippen MR) is 188 cm³/mol. The van der Waals surface area contributed by atoms with Gasteiger partial charge in [-0.3, -0.25) is 14.4 Å². The summed E-state index contributed by atoms with van der Waals surface area (Å²) in [5, 5.41) is 3.13. The minimum absolute atomic E-state index is 0.157. The number of ether oxygens (including phenoxy) is 1. The zero-order chi connectivity index (χ0) is 33.5. The highest BCUT2D eigenvalue weighted by molar-refractivity contribution is 6.06. The van der Waals surface area contributed by atoms with Crippen LogP contribution in [0.25, 0.3) is 22.3 Å². The first-order valence-corrected chi connectivity index (χ1v) is 16.5. The predicted octanol–water partition coefficient (Wildman–Crippen LogP) is 7.69. The van der Waals surface area contributed by atoms with E-state index < -0.39 is 23.8 Å². The van der Waals surface area contributed by atoms with Crippen molar-refractivity contribution in [2.24, 2.45) is 23.5 Å². The SMILES string of the molecule is CCCCC(C(N)=O)C(CC(C)C)C(=O)NC1C(=O)N(Cc2cccc(-c3ccc(OC)cc3)c2)c2ccccc2-c2ccccc21. The maximum Gasteiger partial charge on any atom is 0.254 e. The van der Waals surface area contributed by atoms with Gasteiger partial charge in [-0.2, -0.15) is 0 Å². The van der Waals surface area contributed by atoms with Gasteiger partial charge < -0.3 is 20.7 Å². The number of anilines is 1. The lowest BCUT2D eigenvalue weighted by Crippen LogP contribution is -2.47. The van der Waals surface area contributed by atoms with Gasteiger partial charge in [-0.25, -0.2) is 0 Å². The van der Waals surface area contributed by atoms with E-state index in [1.807, 2.05) is 105 Å². The Labute approximate surface area is 278 Å². The molecule has 0 saturated carbocycles. The van der Waals surface area contributed by atoms with Crippen molar-refractivity contribution in [2.75, 3.05) is 12.0 Å². The van der Waals surface area contributed by atoms with Crippen LogP contribution in [0.5, 0.6) is 5.75 Å². The molecule has 3 unspecified atom stereocenters. The molecule has 1 heterocycles. The van der Waals surface area contributed by atoms with Crippen LogP contribution in [0, 0.1) is 17.8 Å². The van der Waals surface area contributed by atoms with Gasteiger partial charge in [0.25, 0.3) is 5.91 Å². The first-order chi connectivity index (χ1) is 22.7. The fourth-order valence-corrected chi connectivity index (χ4v) is 6.63. The Kier molecular flexibility index (Phi) is 10.8. The number of unbranched alkanes of at least 4 members (excludes halogenated alkanes) is 1. The molecular formula is C40H45N3O4. The quantitative estimate of drug-likeness (QED) is 0.158. The van der Waals surface area contributed by atoms with E-state index in [4.69, 9.17) is 10.5 Å². The van der Waals surface area contributed by atoms with Crippen LogP contribution in [0.15, 0.2) is 97.1 Å². The number of benzene rings is 4. The zero-order valence-electron chi connectivity index (χ0n) is 27.7. The van der Waals surface area contributed by atoms with Crippen LogP contribution in [0.2, 0.25) is 0 Å². The lowest BCUT2D eigenvalue weighted by molar-refractivity contribution is -0.136. The van der Waals surface area contributed by atoms with Gasteiger partial charge in [0.15, 0.2) is 0 Å². The van der Waals surface area contributed by atoms with Gasteiger partial charge in [0.1, 0.15) is 11.8 Å². The van der Waals surface area contributed by atoms with E-state index in [2.05, 4.69) is 18.3 Å². The Morgan fingerprint density at radius 2 is 1.57 bits per heavy atom. The number of fused-ring (bicyclic) bond motifs is 3. The zero-order valence-corrected chi connectivity index (χ0v) is 27.7. The van der Waals surface area contributed by atoms with Gasteiger partial charge in [-0.05, 0) is 70.8 Å². The molecule has 4 aromatic carbocycles. The summed E-state index contributed by atoms with van der Waals surface area (Å²) < 4.78 is 5.33. The third-order valence-electron chi connectivity index (χ3n) is 9.03. The number of carbonyl (C=O) groups excluding carboxylic acids is 3. The number of hydrogen-bond acceptors (Lipinski definition) is 4. The number of rotatable bonds is 13. The summed E-state index contributed by atoms with van der Waals surface area (Å²) in [6.07, 6.45) is 2.71. The normalized spacial score (nSPS) is 15.3. The van der Waals surface area contributed by atoms with Crippen LogP contribution in [0.4, 0.5) is 5.69 Å². The topological polar surface area (TPSA) is 102 Å². The van der Waals surface area contributed by atoms with Crippen molar-refractivity contribution in [3.63, 3.8) is 0 Å². The van der Waals surface area contributed by atoms with Crippen molar-refractivity contribution in [1.29, 1.82) is 0 Å². The molecule has 5 rings (SSSR count). The number of primary amides is 1. The molecule has 7 nitrogen and oxygen atoms in total. The summed E-state index contributed by atoms with van der Waals surface area (Å²) in [7, 11) is 1.65. The van der Waals surface area contributed by atoms with Crippen LogP contribution in [-0.2, 0) is 20.9 Å². The van der Waals surface area contributed by atoms with Crippen molar-refractivity contribution in [3.05, 3.63) is 108 Å². The van der Waals surface area contributed by atoms with E-state index in [-0.39, 0.29) is 17.7 Å². The van der Waals surface area contributed by atoms with Crippen LogP contribution >= 0.6 is 0 Å². The van der Waals surface area contributed by atoms with Crippen LogP contribution < -0.4 is 20.7 Å². The van der Waals surface area contributed by atoms with Gasteiger partial charge in [0.2, 0.25) is 11.8 Å². The molecule has 1 aliphatic heterocycles. The number of nitrogens with zero attached hydrogens (tertiary/aromatic N) is 1. The minimum atomic E-state index is -0.953. The molecule has 0 fully saturated rings. The van der Waals surface area contributed by atoms with Crippen LogP contribution in [0.3, 0.4) is 0 Å². The Morgan fingerprint density at radius 1 is 0.872 bits per heavy atom. The number of carbonyl (C=O) groups is 3. The Bertz CT molecular complexity index is 1710. The summed E-state index contributed by atoms with van der Waals surface area (Å²) in [5.74, 6) is -1.34. The monoisotopic (exact) mass is 631 g/mol. The lowest BCUT2D eigenvalue weighted by Gasteiger charge is -2.30. The molecule has 7 heteroatoms. The standard InChI is InChI=1S/C40H45N3O4/c1-5-6-14-34(38(41)44)35(23-26(2)3)39(45)42-37-33-17-8-7-15-31(33)32-16-9-10-18-36(32)43(40(37)46)25-27-12-11-13-29(24-27)28-19-21-30(47-4)22-20-28/h7-13,15-22,24,26,34-35,37H,5-6,14,23,25H2,1-4H3,(H2,41,44)(H,42,45). The highest BCUT2D eigenvalue weighted by atomic mass is 16.5. The van der Waals surface area contributed by atoms with Crippen molar-refractivity contribution in [1.82, 2.24) is 5.32 Å². The van der Waals surface area contributed by atoms with Crippen molar-refractivity contribution < 1.29 is 19.1 Å². The van der Waals surface area contributed by atoms with E-state index in [0.29, 0.717) is 19.4 Å². The molecule has 47 heavy (non-hydrogen) atoms. The van der Waals surface area contributed by atoms with E-state index in [1.54, 1.807) is 12.0 Å². The summed E-state index contributed by atoms with van der Waals surface area (Å²) >= 11 is 0. The summed E-state index contributed by atoms with van der Waals surface area (Å²) in [6.45, 7) is 6.41. The van der Waals surface area contributed by atoms with E-state index in [9.17, 15) is 14.4 Å². The third kappa shape index (κ3) is 7.57. The Hall–Kier alpha value is -4.91. The van der Waals surface area contributed by atoms with Crippen LogP contribution in [0.1, 0.15) is 63.6 Å². The lowest BCUT2D eigenvalue weighted by atomic mass is 9.81. The van der Waals surface area contributed by atoms with E-state index in [1.165, 1.54) is 0 Å². The fourth-order valence-electron chi connectivity index (χ4n) is 6.63. The molecule has 0 radical (unpaired) electrons. The maximum absolute atomic E-state index is 14.8. The van der Waals surface area contributed by atoms with Gasteiger partial charge in [0, 0.05) is 17.4 Å². The van der Waals surface area contributed by atoms with Gasteiger partial charge in [-0.15, -0.1) is 0 Å². The molecule has 3 N–H and O–H groups in total. The molecule has 0 aliphatic carbocycles. The second kappa shape index (κ2) is 15.1. The van der Waals surface area contributed by atoms with Crippen molar-refractivity contribution in [2.45, 2.75) is 59.0 Å². The Morgan fingerprint density at radius 3 is 2.26 bits per heavy atom. The first kappa shape index (κ1) is 33.5. The second-order valence-corrected chi connectivity index (χ2v) is 12.8. The van der Waals surface area contributed by atoms with Gasteiger partial charge >= 0.3 is 0 Å². The van der Waals surface area contributed by atoms with Crippen molar-refractivity contribution >= 4 is 23.4 Å². The molecule has 0 aromatic heterocycles. The molecule has 0 bridgehead atoms. The van der Waals surface area contributed by atoms with Crippen LogP contribution in [-0.4, -0.2) is 24.8 Å². The molecule has 244 valence electrons. The molecular weight excluding hydrogens is 586 g/mol. The number of para-hydroxylation sites is 1. The average Bonchev–Trinajstić information content (AvgIpc) is 3.17. The number of methoxy groups -OCH3 is 1. The molecule has 4 aromatic rings. The number of nitrogens with one attached hydrogen (secondary N) is 1. The molecule has 3 amide bonds. The summed E-state index contributed by atoms with van der Waals surface area (Å²) in [6, 6.07) is 30.7. The molecule has 0 spiro atoms. The first-order valence-electron chi connectivity index (χ1n) is 16.5. The smallest absolute Gasteiger partial charge is 0.254 e. The van der Waals surface area contributed by atoms with E-state index in [0.717, 1.165) is 57.7 Å². The maximum atomic E-state index is 14.8. The largest absolute Gasteiger partial charge is 0.497 e.